The zero-order chi connectivity index (χ0) is 14.7. The van der Waals surface area contributed by atoms with Crippen molar-refractivity contribution in [3.63, 3.8) is 0 Å². The Hall–Kier alpha value is -0.730. The van der Waals surface area contributed by atoms with Gasteiger partial charge >= 0.3 is 0 Å². The Kier molecular flexibility index (Phi) is 5.07. The molecule has 3 heterocycles. The lowest BCUT2D eigenvalue weighted by Gasteiger charge is -2.52. The normalized spacial score (nSPS) is 35.0. The van der Waals surface area contributed by atoms with Gasteiger partial charge in [-0.3, -0.25) is 0 Å². The van der Waals surface area contributed by atoms with Crippen LogP contribution in [0.2, 0.25) is 0 Å². The molecule has 3 aliphatic heterocycles. The second kappa shape index (κ2) is 7.02. The van der Waals surface area contributed by atoms with Crippen LogP contribution in [0.5, 0.6) is 0 Å². The van der Waals surface area contributed by atoms with E-state index in [-0.39, 0.29) is 0 Å². The Morgan fingerprint density at radius 3 is 2.52 bits per heavy atom. The molecule has 0 saturated carbocycles. The Balaban J connectivity index is 1.71. The van der Waals surface area contributed by atoms with Crippen LogP contribution >= 0.6 is 0 Å². The van der Waals surface area contributed by atoms with E-state index in [2.05, 4.69) is 24.1 Å². The molecule has 0 aromatic heterocycles. The zero-order valence-electron chi connectivity index (χ0n) is 14.0. The van der Waals surface area contributed by atoms with E-state index in [0.29, 0.717) is 12.1 Å². The van der Waals surface area contributed by atoms with Crippen molar-refractivity contribution in [3.8, 4) is 0 Å². The average Bonchev–Trinajstić information content (AvgIpc) is 2.51. The largest absolute Gasteiger partial charge is 0.353 e. The zero-order valence-corrected chi connectivity index (χ0v) is 14.0. The van der Waals surface area contributed by atoms with E-state index in [1.807, 2.05) is 0 Å². The lowest BCUT2D eigenvalue weighted by atomic mass is 9.84. The van der Waals surface area contributed by atoms with Gasteiger partial charge in [0, 0.05) is 18.1 Å². The van der Waals surface area contributed by atoms with E-state index in [0.717, 1.165) is 12.1 Å². The van der Waals surface area contributed by atoms with E-state index in [1.165, 1.54) is 76.6 Å². The number of aliphatic imine (C=N–C) groups is 1. The molecule has 2 fully saturated rings. The number of guanidine groups is 1. The van der Waals surface area contributed by atoms with Crippen LogP contribution in [0.4, 0.5) is 0 Å². The second-order valence-corrected chi connectivity index (χ2v) is 7.35. The van der Waals surface area contributed by atoms with E-state index in [1.54, 1.807) is 0 Å². The first-order chi connectivity index (χ1) is 10.3. The molecule has 2 saturated heterocycles. The van der Waals surface area contributed by atoms with Crippen molar-refractivity contribution < 1.29 is 0 Å². The maximum atomic E-state index is 5.11. The number of nitrogens with one attached hydrogen (secondary N) is 1. The number of unbranched alkanes of at least 4 members (excludes halogenated alkanes) is 2. The molecule has 0 aromatic carbocycles. The van der Waals surface area contributed by atoms with Gasteiger partial charge in [-0.2, -0.15) is 0 Å². The third kappa shape index (κ3) is 3.37. The number of hydrogen-bond acceptors (Lipinski definition) is 3. The number of piperidine rings is 1. The number of hydrogen-bond donors (Lipinski definition) is 1. The van der Waals surface area contributed by atoms with Crippen molar-refractivity contribution in [3.05, 3.63) is 0 Å². The molecule has 0 radical (unpaired) electrons. The summed E-state index contributed by atoms with van der Waals surface area (Å²) < 4.78 is 0. The summed E-state index contributed by atoms with van der Waals surface area (Å²) in [5.41, 5.74) is 0. The predicted octanol–water partition coefficient (Wildman–Crippen LogP) is 4.08. The van der Waals surface area contributed by atoms with Gasteiger partial charge in [0.15, 0.2) is 5.96 Å². The van der Waals surface area contributed by atoms with Crippen LogP contribution in [0.25, 0.3) is 0 Å². The standard InChI is InChI=1S/C18H33N3/c1-3-5-8-14-12-16-10-7-11-17-13-15(9-6-4-2)20-18(19-14)21(16)17/h14-17H,3-13H2,1-2H3,(H,19,20)/t14-,15+,16+,17-. The average molecular weight is 291 g/mol. The Morgan fingerprint density at radius 1 is 1.05 bits per heavy atom. The maximum absolute atomic E-state index is 5.11. The molecule has 3 heteroatoms. The highest BCUT2D eigenvalue weighted by atomic mass is 15.4. The van der Waals surface area contributed by atoms with E-state index >= 15 is 0 Å². The van der Waals surface area contributed by atoms with E-state index in [9.17, 15) is 0 Å². The fourth-order valence-corrected chi connectivity index (χ4v) is 4.52. The maximum Gasteiger partial charge on any atom is 0.194 e. The summed E-state index contributed by atoms with van der Waals surface area (Å²) in [5.74, 6) is 1.27. The molecule has 21 heavy (non-hydrogen) atoms. The molecule has 0 spiro atoms. The van der Waals surface area contributed by atoms with Crippen LogP contribution in [0.3, 0.4) is 0 Å². The van der Waals surface area contributed by atoms with E-state index in [4.69, 9.17) is 4.99 Å². The van der Waals surface area contributed by atoms with Crippen LogP contribution in [0, 0.1) is 0 Å². The van der Waals surface area contributed by atoms with Crippen LogP contribution in [0.15, 0.2) is 4.99 Å². The highest BCUT2D eigenvalue weighted by Gasteiger charge is 2.41. The SMILES string of the molecule is CCCC[C@@H]1C[C@@H]2CCC[C@@H]3C[C@H](CCCC)NC(=N1)N32. The van der Waals surface area contributed by atoms with Crippen LogP contribution in [-0.2, 0) is 0 Å². The Labute approximate surface area is 130 Å². The summed E-state index contributed by atoms with van der Waals surface area (Å²) in [5, 5.41) is 3.80. The molecule has 0 unspecified atom stereocenters. The van der Waals surface area contributed by atoms with Gasteiger partial charge in [0.05, 0.1) is 6.04 Å². The van der Waals surface area contributed by atoms with Gasteiger partial charge in [0.1, 0.15) is 0 Å². The van der Waals surface area contributed by atoms with Crippen molar-refractivity contribution >= 4 is 5.96 Å². The summed E-state index contributed by atoms with van der Waals surface area (Å²) in [4.78, 5) is 7.79. The molecule has 3 aliphatic rings. The summed E-state index contributed by atoms with van der Waals surface area (Å²) in [6.07, 6.45) is 14.7. The smallest absolute Gasteiger partial charge is 0.194 e. The van der Waals surface area contributed by atoms with Gasteiger partial charge in [-0.1, -0.05) is 39.5 Å². The first-order valence-electron chi connectivity index (χ1n) is 9.44. The van der Waals surface area contributed by atoms with E-state index < -0.39 is 0 Å². The van der Waals surface area contributed by atoms with Crippen molar-refractivity contribution in [1.82, 2.24) is 10.2 Å². The highest BCUT2D eigenvalue weighted by Crippen LogP contribution is 2.35. The van der Waals surface area contributed by atoms with Gasteiger partial charge in [0.25, 0.3) is 0 Å². The van der Waals surface area contributed by atoms with Crippen LogP contribution in [-0.4, -0.2) is 35.0 Å². The topological polar surface area (TPSA) is 27.6 Å². The first-order valence-corrected chi connectivity index (χ1v) is 9.44. The fourth-order valence-electron chi connectivity index (χ4n) is 4.52. The van der Waals surface area contributed by atoms with Crippen LogP contribution < -0.4 is 5.32 Å². The molecular formula is C18H33N3. The molecule has 3 rings (SSSR count). The third-order valence-electron chi connectivity index (χ3n) is 5.64. The molecule has 4 atom stereocenters. The quantitative estimate of drug-likeness (QED) is 0.798. The minimum absolute atomic E-state index is 0.581. The van der Waals surface area contributed by atoms with Crippen molar-refractivity contribution in [1.29, 1.82) is 0 Å². The van der Waals surface area contributed by atoms with Gasteiger partial charge in [-0.05, 0) is 44.9 Å². The van der Waals surface area contributed by atoms with Crippen molar-refractivity contribution in [2.24, 2.45) is 4.99 Å². The molecular weight excluding hydrogens is 258 g/mol. The molecule has 0 aliphatic carbocycles. The molecule has 0 aromatic rings. The molecule has 120 valence electrons. The monoisotopic (exact) mass is 291 g/mol. The number of nitrogens with zero attached hydrogens (tertiary/aromatic N) is 2. The Bertz CT molecular complexity index is 365. The minimum Gasteiger partial charge on any atom is -0.353 e. The summed E-state index contributed by atoms with van der Waals surface area (Å²) in [6.45, 7) is 4.59. The summed E-state index contributed by atoms with van der Waals surface area (Å²) in [6, 6.07) is 2.81. The van der Waals surface area contributed by atoms with Crippen molar-refractivity contribution in [2.45, 2.75) is 109 Å². The van der Waals surface area contributed by atoms with Crippen molar-refractivity contribution in [2.75, 3.05) is 0 Å². The van der Waals surface area contributed by atoms with Gasteiger partial charge in [-0.25, -0.2) is 4.99 Å². The predicted molar refractivity (Wildman–Crippen MR) is 89.7 cm³/mol. The summed E-state index contributed by atoms with van der Waals surface area (Å²) in [7, 11) is 0. The van der Waals surface area contributed by atoms with Gasteiger partial charge in [-0.15, -0.1) is 0 Å². The molecule has 3 nitrogen and oxygen atoms in total. The molecule has 0 bridgehead atoms. The Morgan fingerprint density at radius 2 is 1.76 bits per heavy atom. The second-order valence-electron chi connectivity index (χ2n) is 7.35. The first kappa shape index (κ1) is 15.2. The molecule has 0 amide bonds. The summed E-state index contributed by atoms with van der Waals surface area (Å²) >= 11 is 0. The third-order valence-corrected chi connectivity index (χ3v) is 5.64. The molecule has 1 N–H and O–H groups in total. The highest BCUT2D eigenvalue weighted by molar-refractivity contribution is 5.82. The fraction of sp³-hybridized carbons (Fsp3) is 0.944. The lowest BCUT2D eigenvalue weighted by Crippen LogP contribution is -2.64. The lowest BCUT2D eigenvalue weighted by molar-refractivity contribution is 0.0980. The van der Waals surface area contributed by atoms with Gasteiger partial charge in [0.2, 0.25) is 0 Å². The van der Waals surface area contributed by atoms with Crippen LogP contribution in [0.1, 0.15) is 84.5 Å². The number of rotatable bonds is 6. The minimum atomic E-state index is 0.581. The van der Waals surface area contributed by atoms with Gasteiger partial charge < -0.3 is 10.2 Å².